The first-order valence-corrected chi connectivity index (χ1v) is 3.73. The lowest BCUT2D eigenvalue weighted by atomic mass is 10.3. The van der Waals surface area contributed by atoms with Gasteiger partial charge >= 0.3 is 5.97 Å². The van der Waals surface area contributed by atoms with Crippen molar-refractivity contribution >= 4 is 17.8 Å². The molecular formula is C7H8N2O5. The fourth-order valence-corrected chi connectivity index (χ4v) is 0.817. The highest BCUT2D eigenvalue weighted by atomic mass is 16.7. The van der Waals surface area contributed by atoms with Gasteiger partial charge in [-0.05, 0) is 0 Å². The third-order valence-electron chi connectivity index (χ3n) is 1.43. The van der Waals surface area contributed by atoms with Crippen LogP contribution in [-0.4, -0.2) is 35.5 Å². The molecule has 1 saturated heterocycles. The van der Waals surface area contributed by atoms with Gasteiger partial charge in [-0.2, -0.15) is 0 Å². The Balaban J connectivity index is 2.40. The number of hydrogen-bond acceptors (Lipinski definition) is 4. The topological polar surface area (TPSA) is 105 Å². The second-order valence-electron chi connectivity index (χ2n) is 2.51. The van der Waals surface area contributed by atoms with Gasteiger partial charge in [-0.3, -0.25) is 14.4 Å². The average Bonchev–Trinajstić information content (AvgIpc) is 2.49. The highest BCUT2D eigenvalue weighted by molar-refractivity contribution is 5.96. The zero-order valence-electron chi connectivity index (χ0n) is 7.02. The lowest BCUT2D eigenvalue weighted by Crippen LogP contribution is -2.40. The molecule has 1 fully saturated rings. The minimum Gasteiger partial charge on any atom is -0.478 e. The van der Waals surface area contributed by atoms with E-state index in [0.717, 1.165) is 6.08 Å². The van der Waals surface area contributed by atoms with Crippen molar-refractivity contribution in [2.24, 2.45) is 0 Å². The van der Waals surface area contributed by atoms with Gasteiger partial charge in [0.25, 0.3) is 5.91 Å². The van der Waals surface area contributed by atoms with Gasteiger partial charge in [-0.1, -0.05) is 0 Å². The van der Waals surface area contributed by atoms with E-state index in [9.17, 15) is 14.4 Å². The number of nitrogens with one attached hydrogen (secondary N) is 2. The average molecular weight is 200 g/mol. The molecular weight excluding hydrogens is 192 g/mol. The predicted octanol–water partition coefficient (Wildman–Crippen LogP) is -1.83. The van der Waals surface area contributed by atoms with E-state index in [2.05, 4.69) is 10.2 Å². The van der Waals surface area contributed by atoms with Gasteiger partial charge in [0.2, 0.25) is 5.91 Å². The molecule has 1 unspecified atom stereocenters. The van der Waals surface area contributed by atoms with Crippen molar-refractivity contribution in [1.82, 2.24) is 10.8 Å². The number of rotatable bonds is 3. The number of amides is 2. The van der Waals surface area contributed by atoms with Crippen molar-refractivity contribution in [1.29, 1.82) is 0 Å². The van der Waals surface area contributed by atoms with Crippen molar-refractivity contribution < 1.29 is 24.3 Å². The summed E-state index contributed by atoms with van der Waals surface area (Å²) in [5.41, 5.74) is 2.05. The summed E-state index contributed by atoms with van der Waals surface area (Å²) in [6.07, 6.45) is 1.51. The van der Waals surface area contributed by atoms with Crippen molar-refractivity contribution in [3.63, 3.8) is 0 Å². The molecule has 1 aliphatic rings. The Bertz CT molecular complexity index is 298. The molecule has 7 heteroatoms. The number of hydrogen-bond donors (Lipinski definition) is 3. The SMILES string of the molecule is O=C(O)/C=C/C(=O)NC1CONC1=O. The third kappa shape index (κ3) is 2.87. The highest BCUT2D eigenvalue weighted by Crippen LogP contribution is 1.93. The summed E-state index contributed by atoms with van der Waals surface area (Å²) in [5.74, 6) is -2.34. The van der Waals surface area contributed by atoms with Gasteiger partial charge < -0.3 is 10.4 Å². The number of carbonyl (C=O) groups excluding carboxylic acids is 2. The van der Waals surface area contributed by atoms with Crippen LogP contribution in [0.1, 0.15) is 0 Å². The van der Waals surface area contributed by atoms with Crippen LogP contribution in [0.5, 0.6) is 0 Å². The summed E-state index contributed by atoms with van der Waals surface area (Å²) in [7, 11) is 0. The first-order chi connectivity index (χ1) is 6.59. The summed E-state index contributed by atoms with van der Waals surface area (Å²) >= 11 is 0. The van der Waals surface area contributed by atoms with E-state index in [1.165, 1.54) is 0 Å². The number of hydroxylamine groups is 1. The van der Waals surface area contributed by atoms with E-state index in [0.29, 0.717) is 6.08 Å². The number of carboxylic acid groups (broad SMARTS) is 1. The molecule has 0 aromatic rings. The molecule has 0 aromatic heterocycles. The molecule has 0 bridgehead atoms. The lowest BCUT2D eigenvalue weighted by Gasteiger charge is -2.04. The maximum atomic E-state index is 11.0. The normalized spacial score (nSPS) is 20.9. The summed E-state index contributed by atoms with van der Waals surface area (Å²) in [5, 5.41) is 10.5. The maximum Gasteiger partial charge on any atom is 0.328 e. The molecule has 0 aliphatic carbocycles. The fraction of sp³-hybridized carbons (Fsp3) is 0.286. The van der Waals surface area contributed by atoms with Gasteiger partial charge in [0.15, 0.2) is 0 Å². The van der Waals surface area contributed by atoms with Crippen LogP contribution in [0, 0.1) is 0 Å². The minimum absolute atomic E-state index is 0.0332. The summed E-state index contributed by atoms with van der Waals surface area (Å²) in [4.78, 5) is 36.4. The van der Waals surface area contributed by atoms with E-state index in [-0.39, 0.29) is 6.61 Å². The Hall–Kier alpha value is -1.89. The van der Waals surface area contributed by atoms with E-state index in [4.69, 9.17) is 5.11 Å². The highest BCUT2D eigenvalue weighted by Gasteiger charge is 2.26. The third-order valence-corrected chi connectivity index (χ3v) is 1.43. The predicted molar refractivity (Wildman–Crippen MR) is 42.8 cm³/mol. The number of carboxylic acids is 1. The van der Waals surface area contributed by atoms with Gasteiger partial charge in [0, 0.05) is 12.2 Å². The Labute approximate surface area is 78.7 Å². The zero-order chi connectivity index (χ0) is 10.6. The van der Waals surface area contributed by atoms with Crippen LogP contribution in [0.3, 0.4) is 0 Å². The quantitative estimate of drug-likeness (QED) is 0.465. The molecule has 0 saturated carbocycles. The van der Waals surface area contributed by atoms with Crippen LogP contribution in [-0.2, 0) is 19.2 Å². The molecule has 0 radical (unpaired) electrons. The van der Waals surface area contributed by atoms with Crippen LogP contribution in [0.25, 0.3) is 0 Å². The van der Waals surface area contributed by atoms with E-state index in [1.807, 2.05) is 5.48 Å². The van der Waals surface area contributed by atoms with Crippen molar-refractivity contribution in [2.75, 3.05) is 6.61 Å². The first-order valence-electron chi connectivity index (χ1n) is 3.73. The van der Waals surface area contributed by atoms with Gasteiger partial charge in [0.05, 0.1) is 0 Å². The van der Waals surface area contributed by atoms with Crippen molar-refractivity contribution in [2.45, 2.75) is 6.04 Å². The molecule has 0 aromatic carbocycles. The molecule has 1 heterocycles. The second-order valence-corrected chi connectivity index (χ2v) is 2.51. The van der Waals surface area contributed by atoms with Crippen LogP contribution in [0.4, 0.5) is 0 Å². The Kier molecular flexibility index (Phi) is 3.19. The molecule has 7 nitrogen and oxygen atoms in total. The second kappa shape index (κ2) is 4.38. The van der Waals surface area contributed by atoms with Gasteiger partial charge in [-0.25, -0.2) is 10.3 Å². The molecule has 1 aliphatic heterocycles. The lowest BCUT2D eigenvalue weighted by molar-refractivity contribution is -0.131. The first kappa shape index (κ1) is 10.2. The van der Waals surface area contributed by atoms with Crippen LogP contribution < -0.4 is 10.8 Å². The van der Waals surface area contributed by atoms with E-state index < -0.39 is 23.8 Å². The Morgan fingerprint density at radius 3 is 2.79 bits per heavy atom. The molecule has 76 valence electrons. The number of carbonyl (C=O) groups is 3. The summed E-state index contributed by atoms with van der Waals surface area (Å²) in [6, 6.07) is -0.763. The summed E-state index contributed by atoms with van der Waals surface area (Å²) < 4.78 is 0. The van der Waals surface area contributed by atoms with Gasteiger partial charge in [0.1, 0.15) is 12.6 Å². The standard InChI is InChI=1S/C7H8N2O5/c10-5(1-2-6(11)12)8-4-3-14-9-7(4)13/h1-2,4H,3H2,(H,8,10)(H,9,13)(H,11,12)/b2-1+. The molecule has 3 N–H and O–H groups in total. The van der Waals surface area contributed by atoms with Crippen LogP contribution >= 0.6 is 0 Å². The molecule has 0 spiro atoms. The largest absolute Gasteiger partial charge is 0.478 e. The van der Waals surface area contributed by atoms with Crippen LogP contribution in [0.15, 0.2) is 12.2 Å². The van der Waals surface area contributed by atoms with Crippen molar-refractivity contribution in [3.05, 3.63) is 12.2 Å². The Morgan fingerprint density at radius 2 is 2.29 bits per heavy atom. The Morgan fingerprint density at radius 1 is 1.57 bits per heavy atom. The van der Waals surface area contributed by atoms with E-state index in [1.54, 1.807) is 0 Å². The molecule has 14 heavy (non-hydrogen) atoms. The van der Waals surface area contributed by atoms with E-state index >= 15 is 0 Å². The molecule has 2 amide bonds. The van der Waals surface area contributed by atoms with Gasteiger partial charge in [-0.15, -0.1) is 0 Å². The fourth-order valence-electron chi connectivity index (χ4n) is 0.817. The maximum absolute atomic E-state index is 11.0. The summed E-state index contributed by atoms with van der Waals surface area (Å²) in [6.45, 7) is 0.0332. The number of aliphatic carboxylic acids is 1. The minimum atomic E-state index is -1.23. The molecule has 1 atom stereocenters. The van der Waals surface area contributed by atoms with Crippen molar-refractivity contribution in [3.8, 4) is 0 Å². The monoisotopic (exact) mass is 200 g/mol. The zero-order valence-corrected chi connectivity index (χ0v) is 7.02. The van der Waals surface area contributed by atoms with Crippen LogP contribution in [0.2, 0.25) is 0 Å². The smallest absolute Gasteiger partial charge is 0.328 e. The molecule has 1 rings (SSSR count).